The average molecular weight is 189 g/mol. The lowest BCUT2D eigenvalue weighted by Gasteiger charge is -2.41. The summed E-state index contributed by atoms with van der Waals surface area (Å²) in [6.07, 6.45) is 5.01. The van der Waals surface area contributed by atoms with Gasteiger partial charge in [-0.3, -0.25) is 0 Å². The minimum absolute atomic E-state index is 0.326. The van der Waals surface area contributed by atoms with Gasteiger partial charge in [0, 0.05) is 12.0 Å². The summed E-state index contributed by atoms with van der Waals surface area (Å²) in [6.45, 7) is 3.00. The molecule has 0 heterocycles. The van der Waals surface area contributed by atoms with E-state index in [-0.39, 0.29) is 0 Å². The van der Waals surface area contributed by atoms with Crippen LogP contribution < -0.4 is 5.73 Å². The van der Waals surface area contributed by atoms with E-state index in [1.807, 2.05) is 0 Å². The number of rotatable bonds is 3. The summed E-state index contributed by atoms with van der Waals surface area (Å²) in [5, 5.41) is 0. The molecule has 1 heteroatoms. The third-order valence-corrected chi connectivity index (χ3v) is 3.68. The number of hydrogen-bond donors (Lipinski definition) is 1. The third kappa shape index (κ3) is 1.46. The van der Waals surface area contributed by atoms with Crippen LogP contribution in [0.25, 0.3) is 0 Å². The lowest BCUT2D eigenvalue weighted by Crippen LogP contribution is -2.41. The monoisotopic (exact) mass is 189 g/mol. The van der Waals surface area contributed by atoms with Crippen LogP contribution in [0.5, 0.6) is 0 Å². The van der Waals surface area contributed by atoms with Crippen LogP contribution in [-0.2, 0) is 11.8 Å². The molecule has 0 saturated heterocycles. The van der Waals surface area contributed by atoms with E-state index in [0.717, 1.165) is 13.0 Å². The number of aryl methyl sites for hydroxylation is 1. The number of benzene rings is 1. The second kappa shape index (κ2) is 3.74. The zero-order valence-corrected chi connectivity index (χ0v) is 8.92. The Kier molecular flexibility index (Phi) is 2.60. The van der Waals surface area contributed by atoms with Crippen molar-refractivity contribution in [1.29, 1.82) is 0 Å². The minimum atomic E-state index is 0.326. The molecule has 0 unspecified atom stereocenters. The zero-order valence-electron chi connectivity index (χ0n) is 8.92. The van der Waals surface area contributed by atoms with Crippen LogP contribution in [0.4, 0.5) is 0 Å². The molecule has 0 amide bonds. The minimum Gasteiger partial charge on any atom is -0.330 e. The summed E-state index contributed by atoms with van der Waals surface area (Å²) in [5.74, 6) is 0. The molecule has 0 aromatic heterocycles. The van der Waals surface area contributed by atoms with Gasteiger partial charge in [0.1, 0.15) is 0 Å². The highest BCUT2D eigenvalue weighted by atomic mass is 14.6. The van der Waals surface area contributed by atoms with Gasteiger partial charge in [0.05, 0.1) is 0 Å². The first-order chi connectivity index (χ1) is 6.80. The van der Waals surface area contributed by atoms with Crippen LogP contribution in [0.15, 0.2) is 24.3 Å². The van der Waals surface area contributed by atoms with Crippen LogP contribution in [0.1, 0.15) is 37.3 Å². The predicted molar refractivity (Wildman–Crippen MR) is 60.4 cm³/mol. The molecule has 0 bridgehead atoms. The van der Waals surface area contributed by atoms with Gasteiger partial charge in [-0.05, 0) is 30.4 Å². The van der Waals surface area contributed by atoms with Gasteiger partial charge in [-0.1, -0.05) is 37.6 Å². The highest BCUT2D eigenvalue weighted by molar-refractivity contribution is 5.31. The van der Waals surface area contributed by atoms with Crippen molar-refractivity contribution in [2.24, 2.45) is 5.73 Å². The Morgan fingerprint density at radius 1 is 1.21 bits per heavy atom. The van der Waals surface area contributed by atoms with Crippen molar-refractivity contribution < 1.29 is 0 Å². The van der Waals surface area contributed by atoms with E-state index in [1.54, 1.807) is 0 Å². The Morgan fingerprint density at radius 2 is 1.86 bits per heavy atom. The smallest absolute Gasteiger partial charge is 0.00755 e. The molecule has 1 aromatic carbocycles. The molecule has 1 aliphatic carbocycles. The Bertz CT molecular complexity index is 290. The van der Waals surface area contributed by atoms with Crippen LogP contribution in [0.2, 0.25) is 0 Å². The second-order valence-electron chi connectivity index (χ2n) is 4.39. The molecule has 1 saturated carbocycles. The Morgan fingerprint density at radius 3 is 2.21 bits per heavy atom. The van der Waals surface area contributed by atoms with Crippen molar-refractivity contribution in [2.45, 2.75) is 38.0 Å². The second-order valence-corrected chi connectivity index (χ2v) is 4.39. The maximum atomic E-state index is 5.87. The van der Waals surface area contributed by atoms with Crippen LogP contribution >= 0.6 is 0 Å². The first kappa shape index (κ1) is 9.72. The standard InChI is InChI=1S/C13H19N/c1-2-11-4-6-12(7-5-11)13(10-14)8-3-9-13/h4-7H,2-3,8-10,14H2,1H3. The van der Waals surface area contributed by atoms with Crippen molar-refractivity contribution in [3.8, 4) is 0 Å². The average Bonchev–Trinajstić information content (AvgIpc) is 2.18. The van der Waals surface area contributed by atoms with Gasteiger partial charge in [0.15, 0.2) is 0 Å². The molecule has 0 spiro atoms. The van der Waals surface area contributed by atoms with Crippen molar-refractivity contribution in [3.05, 3.63) is 35.4 Å². The fourth-order valence-corrected chi connectivity index (χ4v) is 2.31. The first-order valence-corrected chi connectivity index (χ1v) is 5.60. The van der Waals surface area contributed by atoms with E-state index in [9.17, 15) is 0 Å². The summed E-state index contributed by atoms with van der Waals surface area (Å²) in [7, 11) is 0. The molecule has 76 valence electrons. The molecule has 1 aromatic rings. The maximum absolute atomic E-state index is 5.87. The molecule has 1 fully saturated rings. The molecular weight excluding hydrogens is 170 g/mol. The van der Waals surface area contributed by atoms with Gasteiger partial charge >= 0.3 is 0 Å². The molecule has 0 radical (unpaired) electrons. The van der Waals surface area contributed by atoms with Gasteiger partial charge in [0.25, 0.3) is 0 Å². The Balaban J connectivity index is 2.23. The molecule has 1 nitrogen and oxygen atoms in total. The van der Waals surface area contributed by atoms with Crippen molar-refractivity contribution in [3.63, 3.8) is 0 Å². The predicted octanol–water partition coefficient (Wildman–Crippen LogP) is 2.63. The molecule has 0 aliphatic heterocycles. The Labute approximate surface area is 86.3 Å². The molecule has 14 heavy (non-hydrogen) atoms. The SMILES string of the molecule is CCc1ccc(C2(CN)CCC2)cc1. The fourth-order valence-electron chi connectivity index (χ4n) is 2.31. The van der Waals surface area contributed by atoms with E-state index in [2.05, 4.69) is 31.2 Å². The number of nitrogens with two attached hydrogens (primary N) is 1. The third-order valence-electron chi connectivity index (χ3n) is 3.68. The first-order valence-electron chi connectivity index (χ1n) is 5.60. The quantitative estimate of drug-likeness (QED) is 0.777. The normalized spacial score (nSPS) is 19.0. The lowest BCUT2D eigenvalue weighted by molar-refractivity contribution is 0.253. The summed E-state index contributed by atoms with van der Waals surface area (Å²) in [5.41, 5.74) is 9.06. The molecule has 2 N–H and O–H groups in total. The molecule has 1 aliphatic rings. The van der Waals surface area contributed by atoms with Crippen molar-refractivity contribution in [2.75, 3.05) is 6.54 Å². The highest BCUT2D eigenvalue weighted by Crippen LogP contribution is 2.42. The van der Waals surface area contributed by atoms with Gasteiger partial charge in [0.2, 0.25) is 0 Å². The molecule has 2 rings (SSSR count). The molecular formula is C13H19N. The fraction of sp³-hybridized carbons (Fsp3) is 0.538. The van der Waals surface area contributed by atoms with E-state index in [0.29, 0.717) is 5.41 Å². The van der Waals surface area contributed by atoms with Gasteiger partial charge in [-0.15, -0.1) is 0 Å². The summed E-state index contributed by atoms with van der Waals surface area (Å²) in [4.78, 5) is 0. The zero-order chi connectivity index (χ0) is 10.0. The summed E-state index contributed by atoms with van der Waals surface area (Å²) >= 11 is 0. The summed E-state index contributed by atoms with van der Waals surface area (Å²) < 4.78 is 0. The maximum Gasteiger partial charge on any atom is 0.00755 e. The highest BCUT2D eigenvalue weighted by Gasteiger charge is 2.36. The van der Waals surface area contributed by atoms with Crippen LogP contribution in [0, 0.1) is 0 Å². The van der Waals surface area contributed by atoms with Crippen LogP contribution in [0.3, 0.4) is 0 Å². The van der Waals surface area contributed by atoms with E-state index in [4.69, 9.17) is 5.73 Å². The van der Waals surface area contributed by atoms with Crippen molar-refractivity contribution in [1.82, 2.24) is 0 Å². The van der Waals surface area contributed by atoms with Crippen molar-refractivity contribution >= 4 is 0 Å². The van der Waals surface area contributed by atoms with E-state index < -0.39 is 0 Å². The summed E-state index contributed by atoms with van der Waals surface area (Å²) in [6, 6.07) is 9.02. The largest absolute Gasteiger partial charge is 0.330 e. The van der Waals surface area contributed by atoms with E-state index >= 15 is 0 Å². The lowest BCUT2D eigenvalue weighted by atomic mass is 9.64. The van der Waals surface area contributed by atoms with E-state index in [1.165, 1.54) is 30.4 Å². The Hall–Kier alpha value is -0.820. The van der Waals surface area contributed by atoms with Gasteiger partial charge in [-0.2, -0.15) is 0 Å². The van der Waals surface area contributed by atoms with Gasteiger partial charge < -0.3 is 5.73 Å². The topological polar surface area (TPSA) is 26.0 Å². The van der Waals surface area contributed by atoms with Crippen LogP contribution in [-0.4, -0.2) is 6.54 Å². The number of hydrogen-bond acceptors (Lipinski definition) is 1. The molecule has 0 atom stereocenters. The van der Waals surface area contributed by atoms with Gasteiger partial charge in [-0.25, -0.2) is 0 Å².